The average molecular weight is 459 g/mol. The van der Waals surface area contributed by atoms with Gasteiger partial charge in [-0.1, -0.05) is 12.1 Å². The lowest BCUT2D eigenvalue weighted by Gasteiger charge is -2.14. The zero-order valence-corrected chi connectivity index (χ0v) is 17.6. The van der Waals surface area contributed by atoms with E-state index in [-0.39, 0.29) is 31.7 Å². The number of hydrogen-bond acceptors (Lipinski definition) is 9. The van der Waals surface area contributed by atoms with Crippen molar-refractivity contribution in [2.75, 3.05) is 5.32 Å². The van der Waals surface area contributed by atoms with Crippen LogP contribution in [0.25, 0.3) is 0 Å². The molecule has 2 aromatic rings. The first-order chi connectivity index (χ1) is 15.7. The van der Waals surface area contributed by atoms with E-state index in [4.69, 9.17) is 26.7 Å². The molecule has 0 fully saturated rings. The van der Waals surface area contributed by atoms with Gasteiger partial charge in [-0.3, -0.25) is 19.7 Å². The molecule has 0 radical (unpaired) electrons. The number of non-ortho nitro benzene ring substituents is 1. The van der Waals surface area contributed by atoms with Gasteiger partial charge >= 0.3 is 6.16 Å². The number of carbonyl (C=O) groups is 3. The standard InChI is InChI=1S/C21H25N5O7/c22-17(19(24)27)9-10-18(23)20(28)25-15-5-1-13(2-6-15)11-32-21(29)33-12-14-3-7-16(8-4-14)26(30)31/h1-8,17-18H,9-12,22-23H2,(H2,24,27)(H,25,28)/t17?,18-/m0/s1. The molecule has 0 spiro atoms. The van der Waals surface area contributed by atoms with E-state index in [9.17, 15) is 24.5 Å². The van der Waals surface area contributed by atoms with E-state index >= 15 is 0 Å². The van der Waals surface area contributed by atoms with Crippen molar-refractivity contribution in [1.82, 2.24) is 0 Å². The number of hydrogen-bond donors (Lipinski definition) is 4. The number of primary amides is 1. The Morgan fingerprint density at radius 2 is 1.36 bits per heavy atom. The number of nitrogens with one attached hydrogen (secondary N) is 1. The van der Waals surface area contributed by atoms with Gasteiger partial charge in [-0.05, 0) is 48.2 Å². The Bertz CT molecular complexity index is 980. The van der Waals surface area contributed by atoms with E-state index in [1.54, 1.807) is 24.3 Å². The Labute approximate surface area is 189 Å². The van der Waals surface area contributed by atoms with E-state index in [1.165, 1.54) is 24.3 Å². The van der Waals surface area contributed by atoms with Gasteiger partial charge < -0.3 is 32.0 Å². The molecule has 0 aliphatic heterocycles. The molecule has 0 aromatic heterocycles. The molecule has 176 valence electrons. The predicted molar refractivity (Wildman–Crippen MR) is 118 cm³/mol. The molecule has 2 aromatic carbocycles. The number of benzene rings is 2. The molecule has 2 atom stereocenters. The summed E-state index contributed by atoms with van der Waals surface area (Å²) in [6, 6.07) is 10.4. The fraction of sp³-hybridized carbons (Fsp3) is 0.286. The van der Waals surface area contributed by atoms with Crippen LogP contribution in [0.2, 0.25) is 0 Å². The van der Waals surface area contributed by atoms with Gasteiger partial charge in [0.2, 0.25) is 11.8 Å². The molecule has 2 amide bonds. The van der Waals surface area contributed by atoms with Gasteiger partial charge in [0.15, 0.2) is 0 Å². The number of amides is 2. The number of anilines is 1. The third-order valence-corrected chi connectivity index (χ3v) is 4.57. The van der Waals surface area contributed by atoms with Gasteiger partial charge in [0, 0.05) is 17.8 Å². The van der Waals surface area contributed by atoms with Crippen molar-refractivity contribution in [2.24, 2.45) is 17.2 Å². The van der Waals surface area contributed by atoms with Crippen LogP contribution in [0, 0.1) is 10.1 Å². The molecule has 0 saturated heterocycles. The topological polar surface area (TPSA) is 203 Å². The van der Waals surface area contributed by atoms with Crippen LogP contribution in [0.5, 0.6) is 0 Å². The Balaban J connectivity index is 1.73. The molecule has 1 unspecified atom stereocenters. The molecule has 2 rings (SSSR count). The predicted octanol–water partition coefficient (Wildman–Crippen LogP) is 1.31. The fourth-order valence-corrected chi connectivity index (χ4v) is 2.59. The van der Waals surface area contributed by atoms with Gasteiger partial charge in [0.1, 0.15) is 13.2 Å². The molecule has 12 heteroatoms. The maximum absolute atomic E-state index is 12.1. The van der Waals surface area contributed by atoms with Crippen molar-refractivity contribution in [3.8, 4) is 0 Å². The lowest BCUT2D eigenvalue weighted by Crippen LogP contribution is -2.40. The second-order valence-electron chi connectivity index (χ2n) is 7.13. The average Bonchev–Trinajstić information content (AvgIpc) is 2.80. The summed E-state index contributed by atoms with van der Waals surface area (Å²) in [6.45, 7) is -0.149. The number of carbonyl (C=O) groups excluding carboxylic acids is 3. The van der Waals surface area contributed by atoms with Crippen LogP contribution in [0.4, 0.5) is 16.2 Å². The van der Waals surface area contributed by atoms with Crippen LogP contribution in [-0.4, -0.2) is 35.0 Å². The highest BCUT2D eigenvalue weighted by Crippen LogP contribution is 2.14. The summed E-state index contributed by atoms with van der Waals surface area (Å²) in [7, 11) is 0. The first-order valence-electron chi connectivity index (χ1n) is 9.89. The molecule has 12 nitrogen and oxygen atoms in total. The highest BCUT2D eigenvalue weighted by Gasteiger charge is 2.17. The summed E-state index contributed by atoms with van der Waals surface area (Å²) >= 11 is 0. The highest BCUT2D eigenvalue weighted by molar-refractivity contribution is 5.94. The maximum atomic E-state index is 12.1. The number of nitrogens with two attached hydrogens (primary N) is 3. The normalized spacial score (nSPS) is 12.3. The molecule has 7 N–H and O–H groups in total. The molecular weight excluding hydrogens is 434 g/mol. The van der Waals surface area contributed by atoms with Gasteiger partial charge in [-0.2, -0.15) is 0 Å². The largest absolute Gasteiger partial charge is 0.508 e. The van der Waals surface area contributed by atoms with Crippen molar-refractivity contribution in [3.05, 3.63) is 69.8 Å². The summed E-state index contributed by atoms with van der Waals surface area (Å²) in [5.41, 5.74) is 18.0. The highest BCUT2D eigenvalue weighted by atomic mass is 16.7. The SMILES string of the molecule is NC(=O)C(N)CC[C@H](N)C(=O)Nc1ccc(COC(=O)OCc2ccc([N+](=O)[O-])cc2)cc1. The third kappa shape index (κ3) is 8.55. The summed E-state index contributed by atoms with van der Waals surface area (Å²) in [5.74, 6) is -1.10. The van der Waals surface area contributed by atoms with Gasteiger partial charge in [-0.25, -0.2) is 4.79 Å². The van der Waals surface area contributed by atoms with Crippen LogP contribution in [0.1, 0.15) is 24.0 Å². The maximum Gasteiger partial charge on any atom is 0.508 e. The van der Waals surface area contributed by atoms with Crippen LogP contribution in [0.3, 0.4) is 0 Å². The second-order valence-corrected chi connectivity index (χ2v) is 7.13. The number of rotatable bonds is 11. The molecule has 0 aliphatic rings. The van der Waals surface area contributed by atoms with Crippen LogP contribution in [0.15, 0.2) is 48.5 Å². The number of nitro groups is 1. The van der Waals surface area contributed by atoms with Crippen molar-refractivity contribution in [3.63, 3.8) is 0 Å². The molecule has 33 heavy (non-hydrogen) atoms. The zero-order valence-electron chi connectivity index (χ0n) is 17.6. The molecule has 0 bridgehead atoms. The second kappa shape index (κ2) is 12.1. The minimum Gasteiger partial charge on any atom is -0.429 e. The zero-order chi connectivity index (χ0) is 24.4. The minimum atomic E-state index is -0.897. The summed E-state index contributed by atoms with van der Waals surface area (Å²) in [5, 5.41) is 13.3. The van der Waals surface area contributed by atoms with Crippen molar-refractivity contribution >= 4 is 29.3 Å². The third-order valence-electron chi connectivity index (χ3n) is 4.57. The van der Waals surface area contributed by atoms with Crippen LogP contribution >= 0.6 is 0 Å². The van der Waals surface area contributed by atoms with Crippen molar-refractivity contribution in [2.45, 2.75) is 38.1 Å². The number of ether oxygens (including phenoxy) is 2. The quantitative estimate of drug-likeness (QED) is 0.217. The van der Waals surface area contributed by atoms with Gasteiger partial charge in [0.05, 0.1) is 17.0 Å². The van der Waals surface area contributed by atoms with E-state index in [0.717, 1.165) is 0 Å². The van der Waals surface area contributed by atoms with Crippen molar-refractivity contribution < 1.29 is 28.8 Å². The van der Waals surface area contributed by atoms with E-state index in [2.05, 4.69) is 5.32 Å². The van der Waals surface area contributed by atoms with Gasteiger partial charge in [0.25, 0.3) is 5.69 Å². The van der Waals surface area contributed by atoms with Crippen molar-refractivity contribution in [1.29, 1.82) is 0 Å². The Morgan fingerprint density at radius 3 is 1.85 bits per heavy atom. The molecule has 0 heterocycles. The Morgan fingerprint density at radius 1 is 0.879 bits per heavy atom. The van der Waals surface area contributed by atoms with Crippen LogP contribution < -0.4 is 22.5 Å². The summed E-state index contributed by atoms with van der Waals surface area (Å²) in [4.78, 5) is 44.9. The van der Waals surface area contributed by atoms with Crippen LogP contribution in [-0.2, 0) is 32.3 Å². The number of nitro benzene ring substituents is 1. The van der Waals surface area contributed by atoms with E-state index in [0.29, 0.717) is 16.8 Å². The lowest BCUT2D eigenvalue weighted by atomic mass is 10.1. The van der Waals surface area contributed by atoms with Gasteiger partial charge in [-0.15, -0.1) is 0 Å². The Kier molecular flexibility index (Phi) is 9.27. The summed E-state index contributed by atoms with van der Waals surface area (Å²) in [6.07, 6.45) is -0.504. The first kappa shape index (κ1) is 25.2. The molecule has 0 saturated carbocycles. The van der Waals surface area contributed by atoms with E-state index < -0.39 is 35.0 Å². The monoisotopic (exact) mass is 459 g/mol. The van der Waals surface area contributed by atoms with E-state index in [1.807, 2.05) is 0 Å². The summed E-state index contributed by atoms with van der Waals surface area (Å²) < 4.78 is 9.99. The lowest BCUT2D eigenvalue weighted by molar-refractivity contribution is -0.384. The first-order valence-corrected chi connectivity index (χ1v) is 9.89. The molecule has 0 aliphatic carbocycles. The smallest absolute Gasteiger partial charge is 0.429 e. The fourth-order valence-electron chi connectivity index (χ4n) is 2.59. The minimum absolute atomic E-state index is 0.0577. The number of nitrogens with zero attached hydrogens (tertiary/aromatic N) is 1. The molecular formula is C21H25N5O7. The Hall–Kier alpha value is -4.03.